The van der Waals surface area contributed by atoms with Gasteiger partial charge < -0.3 is 16.2 Å². The monoisotopic (exact) mass is 278 g/mol. The van der Waals surface area contributed by atoms with Crippen molar-refractivity contribution in [1.29, 1.82) is 0 Å². The minimum atomic E-state index is -0.148. The zero-order valence-electron chi connectivity index (χ0n) is 7.87. The van der Waals surface area contributed by atoms with E-state index in [0.29, 0.717) is 6.54 Å². The normalized spacial score (nSPS) is 13.1. The maximum atomic E-state index is 8.69. The van der Waals surface area contributed by atoms with Crippen LogP contribution in [0.15, 0.2) is 15.9 Å². The van der Waals surface area contributed by atoms with Crippen LogP contribution in [-0.4, -0.2) is 30.8 Å². The van der Waals surface area contributed by atoms with Crippen LogP contribution in [0.1, 0.15) is 4.88 Å². The molecule has 80 valence electrons. The molecule has 0 amide bonds. The van der Waals surface area contributed by atoms with Gasteiger partial charge in [-0.15, -0.1) is 11.3 Å². The highest BCUT2D eigenvalue weighted by Crippen LogP contribution is 2.19. The third-order valence-corrected chi connectivity index (χ3v) is 3.57. The molecule has 1 aromatic rings. The first kappa shape index (κ1) is 12.1. The summed E-state index contributed by atoms with van der Waals surface area (Å²) in [5.41, 5.74) is 5.54. The third kappa shape index (κ3) is 4.52. The van der Waals surface area contributed by atoms with Crippen LogP contribution in [0, 0.1) is 0 Å². The maximum Gasteiger partial charge on any atom is 0.0594 e. The van der Waals surface area contributed by atoms with E-state index in [1.165, 1.54) is 4.88 Å². The minimum absolute atomic E-state index is 0.0392. The molecule has 0 aliphatic heterocycles. The van der Waals surface area contributed by atoms with Crippen LogP contribution in [0.5, 0.6) is 0 Å². The molecule has 0 spiro atoms. The molecular formula is C9H15BrN2OS. The Morgan fingerprint density at radius 3 is 3.00 bits per heavy atom. The molecule has 0 bridgehead atoms. The molecule has 1 atom stereocenters. The summed E-state index contributed by atoms with van der Waals surface area (Å²) < 4.78 is 1.14. The summed E-state index contributed by atoms with van der Waals surface area (Å²) in [4.78, 5) is 1.35. The van der Waals surface area contributed by atoms with Gasteiger partial charge in [0, 0.05) is 33.9 Å². The lowest BCUT2D eigenvalue weighted by Gasteiger charge is -2.08. The summed E-state index contributed by atoms with van der Waals surface area (Å²) in [5.74, 6) is 0. The Bertz CT molecular complexity index is 267. The molecule has 1 unspecified atom stereocenters. The van der Waals surface area contributed by atoms with E-state index in [4.69, 9.17) is 10.8 Å². The van der Waals surface area contributed by atoms with Gasteiger partial charge in [0.25, 0.3) is 0 Å². The Balaban J connectivity index is 2.10. The van der Waals surface area contributed by atoms with E-state index in [9.17, 15) is 0 Å². The summed E-state index contributed by atoms with van der Waals surface area (Å²) in [5, 5.41) is 14.0. The molecule has 0 aliphatic carbocycles. The van der Waals surface area contributed by atoms with Gasteiger partial charge in [-0.2, -0.15) is 0 Å². The molecule has 1 aromatic heterocycles. The number of halogens is 1. The quantitative estimate of drug-likeness (QED) is 0.680. The Labute approximate surface area is 96.4 Å². The Kier molecular flexibility index (Phi) is 5.66. The summed E-state index contributed by atoms with van der Waals surface area (Å²) in [6, 6.07) is 1.98. The lowest BCUT2D eigenvalue weighted by molar-refractivity contribution is 0.262. The van der Waals surface area contributed by atoms with Gasteiger partial charge in [-0.1, -0.05) is 0 Å². The summed E-state index contributed by atoms with van der Waals surface area (Å²) in [6.45, 7) is 1.61. The second-order valence-electron chi connectivity index (χ2n) is 3.13. The third-order valence-electron chi connectivity index (χ3n) is 1.81. The predicted molar refractivity (Wildman–Crippen MR) is 63.7 cm³/mol. The highest BCUT2D eigenvalue weighted by atomic mass is 79.9. The van der Waals surface area contributed by atoms with Gasteiger partial charge in [0.05, 0.1) is 6.61 Å². The number of thiophene rings is 1. The van der Waals surface area contributed by atoms with Crippen molar-refractivity contribution in [3.63, 3.8) is 0 Å². The van der Waals surface area contributed by atoms with Gasteiger partial charge in [0.15, 0.2) is 0 Å². The second kappa shape index (κ2) is 6.53. The predicted octanol–water partition coefficient (Wildman–Crippen LogP) is 0.962. The lowest BCUT2D eigenvalue weighted by Crippen LogP contribution is -2.37. The molecule has 0 saturated carbocycles. The molecule has 3 nitrogen and oxygen atoms in total. The van der Waals surface area contributed by atoms with Gasteiger partial charge in [-0.25, -0.2) is 0 Å². The van der Waals surface area contributed by atoms with Crippen molar-refractivity contribution in [2.75, 3.05) is 19.7 Å². The number of aliphatic hydroxyl groups excluding tert-OH is 1. The van der Waals surface area contributed by atoms with Crippen molar-refractivity contribution >= 4 is 27.3 Å². The number of hydrogen-bond donors (Lipinski definition) is 3. The van der Waals surface area contributed by atoms with E-state index in [-0.39, 0.29) is 12.6 Å². The molecule has 1 heterocycles. The molecule has 0 aliphatic rings. The Hall–Kier alpha value is 0.0600. The lowest BCUT2D eigenvalue weighted by atomic mass is 10.3. The van der Waals surface area contributed by atoms with E-state index in [1.807, 2.05) is 0 Å². The van der Waals surface area contributed by atoms with Crippen LogP contribution in [0.25, 0.3) is 0 Å². The molecule has 14 heavy (non-hydrogen) atoms. The van der Waals surface area contributed by atoms with Crippen molar-refractivity contribution in [3.8, 4) is 0 Å². The minimum Gasteiger partial charge on any atom is -0.395 e. The molecule has 1 rings (SSSR count). The molecule has 0 aromatic carbocycles. The number of hydrogen-bond acceptors (Lipinski definition) is 4. The topological polar surface area (TPSA) is 58.3 Å². The Morgan fingerprint density at radius 1 is 1.64 bits per heavy atom. The summed E-state index contributed by atoms with van der Waals surface area (Å²) in [6.07, 6.45) is 1.01. The van der Waals surface area contributed by atoms with Crippen LogP contribution in [0.3, 0.4) is 0 Å². The van der Waals surface area contributed by atoms with Gasteiger partial charge in [0.2, 0.25) is 0 Å². The van der Waals surface area contributed by atoms with E-state index in [0.717, 1.165) is 17.4 Å². The SMILES string of the molecule is NC(CO)CNCCc1cc(Br)cs1. The molecule has 0 radical (unpaired) electrons. The smallest absolute Gasteiger partial charge is 0.0594 e. The fourth-order valence-electron chi connectivity index (χ4n) is 1.05. The molecule has 0 saturated heterocycles. The van der Waals surface area contributed by atoms with Crippen molar-refractivity contribution in [2.45, 2.75) is 12.5 Å². The molecule has 4 N–H and O–H groups in total. The first-order chi connectivity index (χ1) is 6.72. The van der Waals surface area contributed by atoms with Crippen LogP contribution in [0.4, 0.5) is 0 Å². The van der Waals surface area contributed by atoms with Gasteiger partial charge in [-0.3, -0.25) is 0 Å². The van der Waals surface area contributed by atoms with E-state index < -0.39 is 0 Å². The maximum absolute atomic E-state index is 8.69. The van der Waals surface area contributed by atoms with Crippen molar-refractivity contribution < 1.29 is 5.11 Å². The van der Waals surface area contributed by atoms with Crippen molar-refractivity contribution in [2.24, 2.45) is 5.73 Å². The van der Waals surface area contributed by atoms with Crippen LogP contribution in [-0.2, 0) is 6.42 Å². The van der Waals surface area contributed by atoms with Crippen molar-refractivity contribution in [3.05, 3.63) is 20.8 Å². The van der Waals surface area contributed by atoms with E-state index in [2.05, 4.69) is 32.7 Å². The van der Waals surface area contributed by atoms with Crippen molar-refractivity contribution in [1.82, 2.24) is 5.32 Å². The first-order valence-corrected chi connectivity index (χ1v) is 6.19. The summed E-state index contributed by atoms with van der Waals surface area (Å²) in [7, 11) is 0. The van der Waals surface area contributed by atoms with Crippen LogP contribution < -0.4 is 11.1 Å². The zero-order valence-corrected chi connectivity index (χ0v) is 10.3. The van der Waals surface area contributed by atoms with Gasteiger partial charge in [0.1, 0.15) is 0 Å². The number of nitrogens with two attached hydrogens (primary N) is 1. The average molecular weight is 279 g/mol. The number of nitrogens with one attached hydrogen (secondary N) is 1. The first-order valence-electron chi connectivity index (χ1n) is 4.52. The fourth-order valence-corrected chi connectivity index (χ4v) is 2.50. The van der Waals surface area contributed by atoms with Crippen LogP contribution in [0.2, 0.25) is 0 Å². The fraction of sp³-hybridized carbons (Fsp3) is 0.556. The van der Waals surface area contributed by atoms with Gasteiger partial charge in [-0.05, 0) is 28.4 Å². The zero-order chi connectivity index (χ0) is 10.4. The Morgan fingerprint density at radius 2 is 2.43 bits per heavy atom. The van der Waals surface area contributed by atoms with Crippen LogP contribution >= 0.6 is 27.3 Å². The molecular weight excluding hydrogens is 264 g/mol. The standard InChI is InChI=1S/C9H15BrN2OS/c10-7-3-9(14-6-7)1-2-12-4-8(11)5-13/h3,6,8,12-13H,1-2,4-5,11H2. The highest BCUT2D eigenvalue weighted by molar-refractivity contribution is 9.10. The largest absolute Gasteiger partial charge is 0.395 e. The molecule has 0 fully saturated rings. The van der Waals surface area contributed by atoms with Gasteiger partial charge >= 0.3 is 0 Å². The highest BCUT2D eigenvalue weighted by Gasteiger charge is 2.00. The second-order valence-corrected chi connectivity index (χ2v) is 5.04. The van der Waals surface area contributed by atoms with E-state index >= 15 is 0 Å². The summed E-state index contributed by atoms with van der Waals surface area (Å²) >= 11 is 5.16. The molecule has 5 heteroatoms. The van der Waals surface area contributed by atoms with E-state index in [1.54, 1.807) is 11.3 Å². The number of aliphatic hydroxyl groups is 1. The number of rotatable bonds is 6. The average Bonchev–Trinajstić information content (AvgIpc) is 2.58.